The van der Waals surface area contributed by atoms with Gasteiger partial charge in [0.15, 0.2) is 0 Å². The van der Waals surface area contributed by atoms with Crippen molar-refractivity contribution in [2.75, 3.05) is 13.2 Å². The number of ether oxygens (including phenoxy) is 2. The summed E-state index contributed by atoms with van der Waals surface area (Å²) in [6.07, 6.45) is -0.587. The summed E-state index contributed by atoms with van der Waals surface area (Å²) in [7, 11) is 0. The molecule has 108 valence electrons. The van der Waals surface area contributed by atoms with E-state index in [0.29, 0.717) is 0 Å². The highest BCUT2D eigenvalue weighted by atomic mass is 16.6. The van der Waals surface area contributed by atoms with Crippen LogP contribution in [0, 0.1) is 11.8 Å². The van der Waals surface area contributed by atoms with Gasteiger partial charge in [0.2, 0.25) is 0 Å². The van der Waals surface area contributed by atoms with Crippen molar-refractivity contribution < 1.29 is 24.2 Å². The van der Waals surface area contributed by atoms with Crippen molar-refractivity contribution in [2.45, 2.75) is 45.8 Å². The maximum atomic E-state index is 11.6. The van der Waals surface area contributed by atoms with E-state index in [2.05, 4.69) is 17.2 Å². The second kappa shape index (κ2) is 8.38. The highest BCUT2D eigenvalue weighted by Crippen LogP contribution is 2.07. The minimum absolute atomic E-state index is 0.120. The van der Waals surface area contributed by atoms with Crippen molar-refractivity contribution >= 4 is 12.1 Å². The van der Waals surface area contributed by atoms with E-state index in [1.807, 2.05) is 0 Å². The Morgan fingerprint density at radius 3 is 2.47 bits per heavy atom. The smallest absolute Gasteiger partial charge is 0.408 e. The van der Waals surface area contributed by atoms with Gasteiger partial charge in [-0.3, -0.25) is 0 Å². The normalized spacial score (nSPS) is 11.8. The van der Waals surface area contributed by atoms with E-state index < -0.39 is 23.7 Å². The zero-order valence-corrected chi connectivity index (χ0v) is 11.8. The molecule has 0 radical (unpaired) electrons. The lowest BCUT2D eigenvalue weighted by Gasteiger charge is -2.22. The van der Waals surface area contributed by atoms with Crippen molar-refractivity contribution in [3.8, 4) is 11.8 Å². The number of amides is 1. The van der Waals surface area contributed by atoms with Gasteiger partial charge >= 0.3 is 12.1 Å². The fourth-order valence-electron chi connectivity index (χ4n) is 1.09. The fourth-order valence-corrected chi connectivity index (χ4v) is 1.09. The maximum absolute atomic E-state index is 11.6. The molecule has 0 rings (SSSR count). The predicted octanol–water partition coefficient (Wildman–Crippen LogP) is 0.829. The number of hydrogen-bond donors (Lipinski definition) is 2. The molecule has 6 nitrogen and oxygen atoms in total. The summed E-state index contributed by atoms with van der Waals surface area (Å²) in [5, 5.41) is 11.0. The summed E-state index contributed by atoms with van der Waals surface area (Å²) in [6.45, 7) is 6.39. The van der Waals surface area contributed by atoms with E-state index in [9.17, 15) is 9.59 Å². The maximum Gasteiger partial charge on any atom is 0.408 e. The molecule has 19 heavy (non-hydrogen) atoms. The van der Waals surface area contributed by atoms with Crippen LogP contribution in [0.5, 0.6) is 0 Å². The van der Waals surface area contributed by atoms with Gasteiger partial charge in [-0.25, -0.2) is 9.59 Å². The van der Waals surface area contributed by atoms with Crippen LogP contribution < -0.4 is 5.32 Å². The third-order valence-electron chi connectivity index (χ3n) is 1.79. The standard InChI is InChI=1S/C13H21NO5/c1-5-6-7-10(11(16)18-9-8-15)14-12(17)19-13(2,3)4/h10,15H,7-9H2,1-4H3,(H,14,17)/t10-/m0/s1. The quantitative estimate of drug-likeness (QED) is 0.571. The van der Waals surface area contributed by atoms with Crippen LogP contribution >= 0.6 is 0 Å². The molecule has 0 saturated carbocycles. The van der Waals surface area contributed by atoms with Gasteiger partial charge in [-0.2, -0.15) is 0 Å². The lowest BCUT2D eigenvalue weighted by Crippen LogP contribution is -2.44. The molecule has 0 aromatic carbocycles. The molecule has 0 aliphatic heterocycles. The van der Waals surface area contributed by atoms with Gasteiger partial charge in [-0.15, -0.1) is 11.8 Å². The number of carbonyl (C=O) groups is 2. The first-order valence-corrected chi connectivity index (χ1v) is 5.96. The zero-order chi connectivity index (χ0) is 14.9. The van der Waals surface area contributed by atoms with Gasteiger partial charge in [0, 0.05) is 6.42 Å². The molecular weight excluding hydrogens is 250 g/mol. The minimum Gasteiger partial charge on any atom is -0.462 e. The Balaban J connectivity index is 4.52. The summed E-state index contributed by atoms with van der Waals surface area (Å²) < 4.78 is 9.80. The summed E-state index contributed by atoms with van der Waals surface area (Å²) in [4.78, 5) is 23.2. The van der Waals surface area contributed by atoms with Gasteiger partial charge in [0.05, 0.1) is 6.61 Å². The Morgan fingerprint density at radius 2 is 2.00 bits per heavy atom. The van der Waals surface area contributed by atoms with Crippen LogP contribution in [0.15, 0.2) is 0 Å². The average molecular weight is 271 g/mol. The van der Waals surface area contributed by atoms with E-state index in [4.69, 9.17) is 14.6 Å². The summed E-state index contributed by atoms with van der Waals surface area (Å²) in [5.74, 6) is 4.67. The van der Waals surface area contributed by atoms with E-state index in [-0.39, 0.29) is 19.6 Å². The highest BCUT2D eigenvalue weighted by Gasteiger charge is 2.24. The third-order valence-corrected chi connectivity index (χ3v) is 1.79. The summed E-state index contributed by atoms with van der Waals surface area (Å²) in [6, 6.07) is -0.908. The minimum atomic E-state index is -0.908. The molecular formula is C13H21NO5. The van der Waals surface area contributed by atoms with Gasteiger partial charge < -0.3 is 19.9 Å². The highest BCUT2D eigenvalue weighted by molar-refractivity contribution is 5.81. The van der Waals surface area contributed by atoms with Gasteiger partial charge in [-0.05, 0) is 27.7 Å². The molecule has 0 spiro atoms. The zero-order valence-electron chi connectivity index (χ0n) is 11.8. The summed E-state index contributed by atoms with van der Waals surface area (Å²) in [5.41, 5.74) is -0.653. The second-order valence-corrected chi connectivity index (χ2v) is 4.72. The van der Waals surface area contributed by atoms with Crippen molar-refractivity contribution in [2.24, 2.45) is 0 Å². The third kappa shape index (κ3) is 8.91. The topological polar surface area (TPSA) is 84.9 Å². The molecule has 0 unspecified atom stereocenters. The number of nitrogens with one attached hydrogen (secondary N) is 1. The first-order valence-electron chi connectivity index (χ1n) is 5.96. The molecule has 0 aromatic rings. The van der Waals surface area contributed by atoms with Crippen LogP contribution in [0.25, 0.3) is 0 Å². The Bertz CT molecular complexity index is 361. The molecule has 0 fully saturated rings. The number of esters is 1. The molecule has 0 heterocycles. The molecule has 6 heteroatoms. The van der Waals surface area contributed by atoms with Crippen LogP contribution in [0.1, 0.15) is 34.1 Å². The van der Waals surface area contributed by atoms with Crippen LogP contribution in [0.3, 0.4) is 0 Å². The van der Waals surface area contributed by atoms with E-state index in [0.717, 1.165) is 0 Å². The Labute approximate surface area is 113 Å². The monoisotopic (exact) mass is 271 g/mol. The number of alkyl carbamates (subject to hydrolysis) is 1. The van der Waals surface area contributed by atoms with Crippen LogP contribution in [0.4, 0.5) is 4.79 Å². The van der Waals surface area contributed by atoms with Crippen LogP contribution in [-0.2, 0) is 14.3 Å². The van der Waals surface area contributed by atoms with Crippen LogP contribution in [-0.4, -0.2) is 42.0 Å². The van der Waals surface area contributed by atoms with Crippen molar-refractivity contribution in [1.29, 1.82) is 0 Å². The molecule has 1 amide bonds. The molecule has 1 atom stereocenters. The lowest BCUT2D eigenvalue weighted by molar-refractivity contribution is -0.147. The molecule has 0 saturated heterocycles. The van der Waals surface area contributed by atoms with Crippen molar-refractivity contribution in [1.82, 2.24) is 5.32 Å². The molecule has 0 aromatic heterocycles. The van der Waals surface area contributed by atoms with Gasteiger partial charge in [-0.1, -0.05) is 0 Å². The van der Waals surface area contributed by atoms with E-state index >= 15 is 0 Å². The average Bonchev–Trinajstić information content (AvgIpc) is 2.29. The Hall–Kier alpha value is -1.74. The lowest BCUT2D eigenvalue weighted by atomic mass is 10.2. The Morgan fingerprint density at radius 1 is 1.37 bits per heavy atom. The van der Waals surface area contributed by atoms with Crippen molar-refractivity contribution in [3.63, 3.8) is 0 Å². The number of aliphatic hydroxyl groups is 1. The van der Waals surface area contributed by atoms with Gasteiger partial charge in [0.1, 0.15) is 18.2 Å². The molecule has 0 bridgehead atoms. The fraction of sp³-hybridized carbons (Fsp3) is 0.692. The number of aliphatic hydroxyl groups excluding tert-OH is 1. The second-order valence-electron chi connectivity index (χ2n) is 4.72. The summed E-state index contributed by atoms with van der Waals surface area (Å²) >= 11 is 0. The molecule has 2 N–H and O–H groups in total. The van der Waals surface area contributed by atoms with Crippen molar-refractivity contribution in [3.05, 3.63) is 0 Å². The first-order chi connectivity index (χ1) is 8.80. The van der Waals surface area contributed by atoms with E-state index in [1.165, 1.54) is 0 Å². The number of hydrogen-bond acceptors (Lipinski definition) is 5. The Kier molecular flexibility index (Phi) is 7.61. The predicted molar refractivity (Wildman–Crippen MR) is 69.3 cm³/mol. The number of rotatable bonds is 5. The number of carbonyl (C=O) groups excluding carboxylic acids is 2. The molecule has 0 aliphatic rings. The SMILES string of the molecule is CC#CC[C@H](NC(=O)OC(C)(C)C)C(=O)OCCO. The van der Waals surface area contributed by atoms with Gasteiger partial charge in [0.25, 0.3) is 0 Å². The molecule has 0 aliphatic carbocycles. The first kappa shape index (κ1) is 17.3. The van der Waals surface area contributed by atoms with Crippen LogP contribution in [0.2, 0.25) is 0 Å². The largest absolute Gasteiger partial charge is 0.462 e. The van der Waals surface area contributed by atoms with E-state index in [1.54, 1.807) is 27.7 Å².